The van der Waals surface area contributed by atoms with E-state index in [1.807, 2.05) is 12.1 Å². The topological polar surface area (TPSA) is 104 Å². The van der Waals surface area contributed by atoms with E-state index >= 15 is 0 Å². The molecule has 1 unspecified atom stereocenters. The summed E-state index contributed by atoms with van der Waals surface area (Å²) in [5, 5.41) is 12.2. The maximum atomic E-state index is 12.2. The van der Waals surface area contributed by atoms with Gasteiger partial charge in [0.05, 0.1) is 5.52 Å². The third-order valence-electron chi connectivity index (χ3n) is 3.23. The number of aromatic amines is 1. The van der Waals surface area contributed by atoms with E-state index in [2.05, 4.69) is 20.8 Å². The number of fused-ring (bicyclic) bond motifs is 1. The average Bonchev–Trinajstić information content (AvgIpc) is 2.86. The molecule has 1 aromatic heterocycles. The van der Waals surface area contributed by atoms with E-state index in [9.17, 15) is 14.4 Å². The van der Waals surface area contributed by atoms with Crippen LogP contribution < -0.4 is 10.6 Å². The number of benzene rings is 1. The van der Waals surface area contributed by atoms with Crippen molar-refractivity contribution in [2.75, 3.05) is 0 Å². The number of amides is 3. The maximum absolute atomic E-state index is 12.2. The van der Waals surface area contributed by atoms with Crippen LogP contribution in [0, 0.1) is 0 Å². The van der Waals surface area contributed by atoms with Crippen LogP contribution in [0.15, 0.2) is 24.3 Å². The first-order chi connectivity index (χ1) is 9.65. The minimum absolute atomic E-state index is 0.220. The van der Waals surface area contributed by atoms with Crippen LogP contribution in [0.2, 0.25) is 0 Å². The lowest BCUT2D eigenvalue weighted by molar-refractivity contribution is -0.134. The molecule has 2 heterocycles. The quantitative estimate of drug-likeness (QED) is 0.674. The van der Waals surface area contributed by atoms with Gasteiger partial charge >= 0.3 is 0 Å². The van der Waals surface area contributed by atoms with Crippen molar-refractivity contribution in [3.05, 3.63) is 30.0 Å². The lowest BCUT2D eigenvalue weighted by atomic mass is 10.1. The van der Waals surface area contributed by atoms with Crippen molar-refractivity contribution in [2.45, 2.75) is 18.9 Å². The molecule has 20 heavy (non-hydrogen) atoms. The number of carbonyl (C=O) groups excluding carboxylic acids is 3. The SMILES string of the molecule is O=C1CCC(NC(=O)c2n[nH]c3ccccc23)C(=O)N1. The highest BCUT2D eigenvalue weighted by molar-refractivity contribution is 6.07. The summed E-state index contributed by atoms with van der Waals surface area (Å²) in [5.74, 6) is -1.22. The number of nitrogens with zero attached hydrogens (tertiary/aromatic N) is 1. The van der Waals surface area contributed by atoms with Gasteiger partial charge in [0, 0.05) is 11.8 Å². The Balaban J connectivity index is 1.80. The fraction of sp³-hybridized carbons (Fsp3) is 0.231. The molecule has 3 amide bonds. The summed E-state index contributed by atoms with van der Waals surface area (Å²) in [7, 11) is 0. The summed E-state index contributed by atoms with van der Waals surface area (Å²) in [6, 6.07) is 6.53. The van der Waals surface area contributed by atoms with Gasteiger partial charge in [0.1, 0.15) is 6.04 Å². The van der Waals surface area contributed by atoms with E-state index in [4.69, 9.17) is 0 Å². The maximum Gasteiger partial charge on any atom is 0.273 e. The second kappa shape index (κ2) is 4.76. The number of hydrogen-bond donors (Lipinski definition) is 3. The molecule has 1 fully saturated rings. The van der Waals surface area contributed by atoms with Crippen LogP contribution in [-0.4, -0.2) is 34.0 Å². The second-order valence-electron chi connectivity index (χ2n) is 4.59. The lowest BCUT2D eigenvalue weighted by Gasteiger charge is -2.21. The van der Waals surface area contributed by atoms with Crippen LogP contribution in [0.1, 0.15) is 23.3 Å². The van der Waals surface area contributed by atoms with E-state index in [-0.39, 0.29) is 18.0 Å². The van der Waals surface area contributed by atoms with Gasteiger partial charge in [-0.15, -0.1) is 0 Å². The van der Waals surface area contributed by atoms with Crippen molar-refractivity contribution in [3.8, 4) is 0 Å². The number of piperidine rings is 1. The summed E-state index contributed by atoms with van der Waals surface area (Å²) in [5.41, 5.74) is 0.992. The smallest absolute Gasteiger partial charge is 0.273 e. The van der Waals surface area contributed by atoms with Crippen LogP contribution in [-0.2, 0) is 9.59 Å². The van der Waals surface area contributed by atoms with E-state index in [0.717, 1.165) is 5.52 Å². The van der Waals surface area contributed by atoms with Crippen molar-refractivity contribution in [1.82, 2.24) is 20.8 Å². The molecule has 7 heteroatoms. The van der Waals surface area contributed by atoms with E-state index in [0.29, 0.717) is 11.8 Å². The molecule has 0 bridgehead atoms. The normalized spacial score (nSPS) is 18.9. The molecule has 1 saturated heterocycles. The van der Waals surface area contributed by atoms with Gasteiger partial charge in [-0.1, -0.05) is 18.2 Å². The molecule has 0 spiro atoms. The van der Waals surface area contributed by atoms with Crippen molar-refractivity contribution >= 4 is 28.6 Å². The molecule has 3 rings (SSSR count). The van der Waals surface area contributed by atoms with Crippen LogP contribution >= 0.6 is 0 Å². The lowest BCUT2D eigenvalue weighted by Crippen LogP contribution is -2.52. The Morgan fingerprint density at radius 1 is 1.30 bits per heavy atom. The number of aromatic nitrogens is 2. The van der Waals surface area contributed by atoms with Crippen molar-refractivity contribution in [3.63, 3.8) is 0 Å². The predicted octanol–water partition coefficient (Wildman–Crippen LogP) is 0.0979. The molecule has 7 nitrogen and oxygen atoms in total. The Bertz CT molecular complexity index is 706. The number of imide groups is 1. The summed E-state index contributed by atoms with van der Waals surface area (Å²) in [6.45, 7) is 0. The number of H-pyrrole nitrogens is 1. The van der Waals surface area contributed by atoms with Gasteiger partial charge in [-0.25, -0.2) is 0 Å². The third kappa shape index (κ3) is 2.13. The Kier molecular flexibility index (Phi) is 2.94. The molecular weight excluding hydrogens is 260 g/mol. The molecular formula is C13H12N4O3. The minimum Gasteiger partial charge on any atom is -0.339 e. The summed E-state index contributed by atoms with van der Waals surface area (Å²) in [4.78, 5) is 34.8. The summed E-state index contributed by atoms with van der Waals surface area (Å²) < 4.78 is 0. The van der Waals surface area contributed by atoms with E-state index < -0.39 is 17.9 Å². The fourth-order valence-corrected chi connectivity index (χ4v) is 2.19. The van der Waals surface area contributed by atoms with Gasteiger partial charge in [0.2, 0.25) is 11.8 Å². The Hall–Kier alpha value is -2.70. The Morgan fingerprint density at radius 3 is 2.90 bits per heavy atom. The van der Waals surface area contributed by atoms with Gasteiger partial charge in [0.15, 0.2) is 5.69 Å². The number of hydrogen-bond acceptors (Lipinski definition) is 4. The molecule has 0 saturated carbocycles. The van der Waals surface area contributed by atoms with E-state index in [1.165, 1.54) is 0 Å². The minimum atomic E-state index is -0.698. The first-order valence-electron chi connectivity index (χ1n) is 6.23. The highest BCUT2D eigenvalue weighted by Crippen LogP contribution is 2.15. The Labute approximate surface area is 113 Å². The fourth-order valence-electron chi connectivity index (χ4n) is 2.19. The number of para-hydroxylation sites is 1. The molecule has 1 aliphatic rings. The largest absolute Gasteiger partial charge is 0.339 e. The van der Waals surface area contributed by atoms with Crippen LogP contribution in [0.25, 0.3) is 10.9 Å². The molecule has 2 aromatic rings. The monoisotopic (exact) mass is 272 g/mol. The van der Waals surface area contributed by atoms with Gasteiger partial charge < -0.3 is 5.32 Å². The molecule has 1 aliphatic heterocycles. The van der Waals surface area contributed by atoms with Crippen molar-refractivity contribution < 1.29 is 14.4 Å². The second-order valence-corrected chi connectivity index (χ2v) is 4.59. The summed E-state index contributed by atoms with van der Waals surface area (Å²) in [6.07, 6.45) is 0.525. The zero-order valence-electron chi connectivity index (χ0n) is 10.5. The van der Waals surface area contributed by atoms with Gasteiger partial charge in [0.25, 0.3) is 5.91 Å². The molecule has 0 aliphatic carbocycles. The summed E-state index contributed by atoms with van der Waals surface area (Å²) >= 11 is 0. The highest BCUT2D eigenvalue weighted by Gasteiger charge is 2.29. The van der Waals surface area contributed by atoms with E-state index in [1.54, 1.807) is 12.1 Å². The van der Waals surface area contributed by atoms with Crippen molar-refractivity contribution in [1.29, 1.82) is 0 Å². The standard InChI is InChI=1S/C13H12N4O3/c18-10-6-5-9(12(19)15-10)14-13(20)11-7-3-1-2-4-8(7)16-17-11/h1-4,9H,5-6H2,(H,14,20)(H,16,17)(H,15,18,19). The van der Waals surface area contributed by atoms with Gasteiger partial charge in [-0.05, 0) is 12.5 Å². The van der Waals surface area contributed by atoms with Crippen molar-refractivity contribution in [2.24, 2.45) is 0 Å². The van der Waals surface area contributed by atoms with Crippen LogP contribution in [0.5, 0.6) is 0 Å². The van der Waals surface area contributed by atoms with Crippen LogP contribution in [0.3, 0.4) is 0 Å². The predicted molar refractivity (Wildman–Crippen MR) is 69.7 cm³/mol. The zero-order valence-corrected chi connectivity index (χ0v) is 10.5. The molecule has 0 radical (unpaired) electrons. The first kappa shape index (κ1) is 12.3. The molecule has 1 atom stereocenters. The number of carbonyl (C=O) groups is 3. The number of rotatable bonds is 2. The van der Waals surface area contributed by atoms with Gasteiger partial charge in [-0.2, -0.15) is 5.10 Å². The number of nitrogens with one attached hydrogen (secondary N) is 3. The Morgan fingerprint density at radius 2 is 2.10 bits per heavy atom. The third-order valence-corrected chi connectivity index (χ3v) is 3.23. The molecule has 3 N–H and O–H groups in total. The van der Waals surface area contributed by atoms with Crippen LogP contribution in [0.4, 0.5) is 0 Å². The average molecular weight is 272 g/mol. The zero-order chi connectivity index (χ0) is 14.1. The molecule has 1 aromatic carbocycles. The highest BCUT2D eigenvalue weighted by atomic mass is 16.2. The first-order valence-corrected chi connectivity index (χ1v) is 6.23. The van der Waals surface area contributed by atoms with Gasteiger partial charge in [-0.3, -0.25) is 24.8 Å². The molecule has 102 valence electrons.